The topological polar surface area (TPSA) is 66.5 Å². The molecule has 1 aliphatic heterocycles. The van der Waals surface area contributed by atoms with E-state index >= 15 is 0 Å². The average Bonchev–Trinajstić information content (AvgIpc) is 3.34. The van der Waals surface area contributed by atoms with Gasteiger partial charge >= 0.3 is 6.03 Å². The number of carbonyl (C=O) groups is 3. The van der Waals surface area contributed by atoms with Gasteiger partial charge in [-0.25, -0.2) is 4.79 Å². The summed E-state index contributed by atoms with van der Waals surface area (Å²) in [6.07, 6.45) is 0.312. The lowest BCUT2D eigenvalue weighted by molar-refractivity contribution is -0.131. The van der Waals surface area contributed by atoms with Crippen molar-refractivity contribution in [2.45, 2.75) is 12.0 Å². The summed E-state index contributed by atoms with van der Waals surface area (Å²) in [5.41, 5.74) is 0.393. The van der Waals surface area contributed by atoms with E-state index in [4.69, 9.17) is 0 Å². The molecule has 28 heavy (non-hydrogen) atoms. The number of Topliss-reactive ketones (excluding diaryl/α,β-unsaturated/α-hetero) is 1. The molecule has 1 fully saturated rings. The van der Waals surface area contributed by atoms with Crippen molar-refractivity contribution < 1.29 is 14.4 Å². The van der Waals surface area contributed by atoms with Crippen LogP contribution in [0.5, 0.6) is 0 Å². The first-order valence-electron chi connectivity index (χ1n) is 8.90. The minimum atomic E-state index is -1.23. The molecule has 1 N–H and O–H groups in total. The van der Waals surface area contributed by atoms with Crippen LogP contribution in [0.3, 0.4) is 0 Å². The van der Waals surface area contributed by atoms with E-state index in [-0.39, 0.29) is 12.3 Å². The highest BCUT2D eigenvalue weighted by atomic mass is 32.1. The van der Waals surface area contributed by atoms with Crippen LogP contribution in [-0.2, 0) is 16.8 Å². The fraction of sp³-hybridized carbons (Fsp3) is 0.136. The van der Waals surface area contributed by atoms with Gasteiger partial charge in [0.15, 0.2) is 11.3 Å². The molecule has 0 radical (unpaired) electrons. The molecule has 0 unspecified atom stereocenters. The van der Waals surface area contributed by atoms with Gasteiger partial charge in [0.1, 0.15) is 0 Å². The number of ketones is 1. The SMILES string of the molecule is O=C(CN1C(=O)N[C@](Cc2ccccc2)(c2ccccc2)C1=O)c1cccs1. The number of amides is 3. The smallest absolute Gasteiger partial charge is 0.319 e. The van der Waals surface area contributed by atoms with Gasteiger partial charge in [-0.1, -0.05) is 66.7 Å². The van der Waals surface area contributed by atoms with Crippen molar-refractivity contribution in [1.82, 2.24) is 10.2 Å². The molecule has 5 nitrogen and oxygen atoms in total. The summed E-state index contributed by atoms with van der Waals surface area (Å²) in [6, 6.07) is 21.6. The summed E-state index contributed by atoms with van der Waals surface area (Å²) in [5.74, 6) is -0.653. The lowest BCUT2D eigenvalue weighted by Crippen LogP contribution is -2.46. The Morgan fingerprint density at radius 2 is 1.61 bits per heavy atom. The van der Waals surface area contributed by atoms with E-state index in [1.807, 2.05) is 60.7 Å². The van der Waals surface area contributed by atoms with Gasteiger partial charge in [-0.05, 0) is 22.6 Å². The number of thiophene rings is 1. The molecule has 1 aromatic heterocycles. The Hall–Kier alpha value is -3.25. The second kappa shape index (κ2) is 7.40. The Morgan fingerprint density at radius 1 is 0.929 bits per heavy atom. The highest BCUT2D eigenvalue weighted by molar-refractivity contribution is 7.12. The molecule has 3 amide bonds. The van der Waals surface area contributed by atoms with E-state index in [0.717, 1.165) is 10.5 Å². The number of benzene rings is 2. The Bertz CT molecular complexity index is 1000. The number of hydrogen-bond acceptors (Lipinski definition) is 4. The third kappa shape index (κ3) is 3.23. The van der Waals surface area contributed by atoms with Gasteiger partial charge in [0.05, 0.1) is 11.4 Å². The van der Waals surface area contributed by atoms with Crippen LogP contribution in [-0.4, -0.2) is 29.2 Å². The maximum Gasteiger partial charge on any atom is 0.325 e. The van der Waals surface area contributed by atoms with E-state index in [1.165, 1.54) is 11.3 Å². The van der Waals surface area contributed by atoms with Crippen LogP contribution in [0.15, 0.2) is 78.2 Å². The molecule has 0 spiro atoms. The van der Waals surface area contributed by atoms with Crippen molar-refractivity contribution in [2.75, 3.05) is 6.54 Å². The maximum absolute atomic E-state index is 13.4. The number of urea groups is 1. The number of rotatable bonds is 6. The summed E-state index contributed by atoms with van der Waals surface area (Å²) >= 11 is 1.30. The molecule has 4 rings (SSSR count). The van der Waals surface area contributed by atoms with Gasteiger partial charge in [-0.3, -0.25) is 14.5 Å². The van der Waals surface area contributed by atoms with Crippen LogP contribution in [0.25, 0.3) is 0 Å². The van der Waals surface area contributed by atoms with Crippen LogP contribution in [0, 0.1) is 0 Å². The number of carbonyl (C=O) groups excluding carboxylic acids is 3. The molecular weight excluding hydrogens is 372 g/mol. The van der Waals surface area contributed by atoms with Crippen LogP contribution < -0.4 is 5.32 Å². The van der Waals surface area contributed by atoms with Crippen molar-refractivity contribution >= 4 is 29.1 Å². The first kappa shape index (κ1) is 18.1. The second-order valence-corrected chi connectivity index (χ2v) is 7.60. The standard InChI is InChI=1S/C22H18N2O3S/c25-18(19-12-7-13-28-19)15-24-20(26)22(23-21(24)27,17-10-5-2-6-11-17)14-16-8-3-1-4-9-16/h1-13H,14-15H2,(H,23,27)/t22-/m1/s1. The van der Waals surface area contributed by atoms with Crippen molar-refractivity contribution in [3.05, 3.63) is 94.2 Å². The largest absolute Gasteiger partial charge is 0.325 e. The minimum absolute atomic E-state index is 0.248. The highest BCUT2D eigenvalue weighted by Crippen LogP contribution is 2.33. The van der Waals surface area contributed by atoms with Crippen molar-refractivity contribution in [3.63, 3.8) is 0 Å². The van der Waals surface area contributed by atoms with E-state index in [2.05, 4.69) is 5.32 Å². The van der Waals surface area contributed by atoms with Crippen LogP contribution >= 0.6 is 11.3 Å². The van der Waals surface area contributed by atoms with Crippen LogP contribution in [0.2, 0.25) is 0 Å². The molecule has 1 atom stereocenters. The number of nitrogens with zero attached hydrogens (tertiary/aromatic N) is 1. The third-order valence-corrected chi connectivity index (χ3v) is 5.76. The van der Waals surface area contributed by atoms with Crippen LogP contribution in [0.1, 0.15) is 20.8 Å². The first-order chi connectivity index (χ1) is 13.6. The second-order valence-electron chi connectivity index (χ2n) is 6.66. The summed E-state index contributed by atoms with van der Waals surface area (Å²) in [7, 11) is 0. The molecule has 140 valence electrons. The lowest BCUT2D eigenvalue weighted by atomic mass is 9.83. The van der Waals surface area contributed by atoms with Gasteiger partial charge in [0.2, 0.25) is 0 Å². The van der Waals surface area contributed by atoms with E-state index in [9.17, 15) is 14.4 Å². The quantitative estimate of drug-likeness (QED) is 0.516. The fourth-order valence-corrected chi connectivity index (χ4v) is 4.13. The Labute approximate surface area is 166 Å². The van der Waals surface area contributed by atoms with Crippen molar-refractivity contribution in [1.29, 1.82) is 0 Å². The highest BCUT2D eigenvalue weighted by Gasteiger charge is 2.52. The minimum Gasteiger partial charge on any atom is -0.319 e. The third-order valence-electron chi connectivity index (χ3n) is 4.85. The van der Waals surface area contributed by atoms with Gasteiger partial charge in [0, 0.05) is 6.42 Å². The summed E-state index contributed by atoms with van der Waals surface area (Å²) in [5, 5.41) is 4.67. The molecular formula is C22H18N2O3S. The van der Waals surface area contributed by atoms with Crippen molar-refractivity contribution in [3.8, 4) is 0 Å². The molecule has 1 saturated heterocycles. The molecule has 0 saturated carbocycles. The number of nitrogens with one attached hydrogen (secondary N) is 1. The maximum atomic E-state index is 13.4. The zero-order valence-corrected chi connectivity index (χ0v) is 15.8. The first-order valence-corrected chi connectivity index (χ1v) is 9.78. The van der Waals surface area contributed by atoms with E-state index in [0.29, 0.717) is 16.9 Å². The predicted molar refractivity (Wildman–Crippen MR) is 107 cm³/mol. The van der Waals surface area contributed by atoms with Gasteiger partial charge in [-0.2, -0.15) is 0 Å². The monoisotopic (exact) mass is 390 g/mol. The van der Waals surface area contributed by atoms with Gasteiger partial charge in [0.25, 0.3) is 5.91 Å². The van der Waals surface area contributed by atoms with Crippen LogP contribution in [0.4, 0.5) is 4.79 Å². The summed E-state index contributed by atoms with van der Waals surface area (Å²) < 4.78 is 0. The lowest BCUT2D eigenvalue weighted by Gasteiger charge is -2.27. The molecule has 1 aliphatic rings. The molecule has 6 heteroatoms. The number of hydrogen-bond donors (Lipinski definition) is 1. The van der Waals surface area contributed by atoms with Gasteiger partial charge < -0.3 is 5.32 Å². The predicted octanol–water partition coefficient (Wildman–Crippen LogP) is 3.62. The Morgan fingerprint density at radius 3 is 2.25 bits per heavy atom. The zero-order valence-electron chi connectivity index (χ0n) is 15.0. The normalized spacial score (nSPS) is 18.9. The molecule has 2 heterocycles. The Balaban J connectivity index is 1.69. The fourth-order valence-electron chi connectivity index (χ4n) is 3.47. The Kier molecular flexibility index (Phi) is 4.79. The van der Waals surface area contributed by atoms with Gasteiger partial charge in [-0.15, -0.1) is 11.3 Å². The average molecular weight is 390 g/mol. The number of imide groups is 1. The molecule has 3 aromatic rings. The molecule has 2 aromatic carbocycles. The van der Waals surface area contributed by atoms with E-state index < -0.39 is 17.5 Å². The van der Waals surface area contributed by atoms with Crippen molar-refractivity contribution in [2.24, 2.45) is 0 Å². The molecule has 0 bridgehead atoms. The van der Waals surface area contributed by atoms with E-state index in [1.54, 1.807) is 17.5 Å². The summed E-state index contributed by atoms with van der Waals surface area (Å²) in [6.45, 7) is -0.269. The molecule has 0 aliphatic carbocycles. The summed E-state index contributed by atoms with van der Waals surface area (Å²) in [4.78, 5) is 40.2. The zero-order chi connectivity index (χ0) is 19.6.